The van der Waals surface area contributed by atoms with Gasteiger partial charge in [0.15, 0.2) is 5.03 Å². The molecule has 17 heavy (non-hydrogen) atoms. The summed E-state index contributed by atoms with van der Waals surface area (Å²) in [5, 5.41) is 4.05. The third kappa shape index (κ3) is 2.36. The molecule has 0 spiro atoms. The summed E-state index contributed by atoms with van der Waals surface area (Å²) in [5.74, 6) is 0. The summed E-state index contributed by atoms with van der Waals surface area (Å²) in [6, 6.07) is 1.48. The Bertz CT molecular complexity index is 476. The fourth-order valence-electron chi connectivity index (χ4n) is 1.54. The molecule has 6 nitrogen and oxygen atoms in total. The van der Waals surface area contributed by atoms with Crippen LogP contribution in [0.1, 0.15) is 20.3 Å². The lowest BCUT2D eigenvalue weighted by molar-refractivity contribution is 0.239. The molecule has 0 radical (unpaired) electrons. The number of likely N-dealkylation sites (N-methyl/N-ethyl adjacent to an activating group) is 1. The smallest absolute Gasteiger partial charge is 0.260 e. The van der Waals surface area contributed by atoms with Gasteiger partial charge < -0.3 is 5.73 Å². The molecule has 0 amide bonds. The maximum absolute atomic E-state index is 12.4. The van der Waals surface area contributed by atoms with Crippen molar-refractivity contribution in [2.45, 2.75) is 30.8 Å². The standard InChI is InChI=1S/C10H20N4O2S/c1-5-10(2,8-11)14(4)17(15,16)9-6-7-12-13(9)3/h6-7H,5,8,11H2,1-4H3. The average Bonchev–Trinajstić information content (AvgIpc) is 2.74. The lowest BCUT2D eigenvalue weighted by Gasteiger charge is -2.35. The predicted octanol–water partition coefficient (Wildman–Crippen LogP) is 0.168. The van der Waals surface area contributed by atoms with E-state index in [1.165, 1.54) is 21.3 Å². The van der Waals surface area contributed by atoms with Crippen LogP contribution >= 0.6 is 0 Å². The van der Waals surface area contributed by atoms with E-state index in [2.05, 4.69) is 5.10 Å². The van der Waals surface area contributed by atoms with Crippen molar-refractivity contribution in [1.82, 2.24) is 14.1 Å². The highest BCUT2D eigenvalue weighted by Gasteiger charge is 2.36. The van der Waals surface area contributed by atoms with Gasteiger partial charge in [0.1, 0.15) is 0 Å². The van der Waals surface area contributed by atoms with Crippen LogP contribution in [0.15, 0.2) is 17.3 Å². The van der Waals surface area contributed by atoms with Crippen molar-refractivity contribution in [3.05, 3.63) is 12.3 Å². The van der Waals surface area contributed by atoms with E-state index < -0.39 is 15.6 Å². The van der Waals surface area contributed by atoms with E-state index in [9.17, 15) is 8.42 Å². The monoisotopic (exact) mass is 260 g/mol. The number of hydrogen-bond donors (Lipinski definition) is 1. The Morgan fingerprint density at radius 2 is 2.18 bits per heavy atom. The quantitative estimate of drug-likeness (QED) is 0.818. The van der Waals surface area contributed by atoms with Crippen LogP contribution in [0.4, 0.5) is 0 Å². The summed E-state index contributed by atoms with van der Waals surface area (Å²) in [4.78, 5) is 0. The number of nitrogens with zero attached hydrogens (tertiary/aromatic N) is 3. The number of rotatable bonds is 5. The molecule has 0 aliphatic carbocycles. The van der Waals surface area contributed by atoms with Crippen LogP contribution in [0.2, 0.25) is 0 Å². The Hall–Kier alpha value is -0.920. The molecule has 0 saturated carbocycles. The maximum Gasteiger partial charge on any atom is 0.260 e. The van der Waals surface area contributed by atoms with Gasteiger partial charge in [0.25, 0.3) is 10.0 Å². The SMILES string of the molecule is CCC(C)(CN)N(C)S(=O)(=O)c1ccnn1C. The molecule has 0 aromatic carbocycles. The van der Waals surface area contributed by atoms with Crippen molar-refractivity contribution in [3.8, 4) is 0 Å². The molecule has 0 saturated heterocycles. The van der Waals surface area contributed by atoms with Gasteiger partial charge in [-0.25, -0.2) is 8.42 Å². The second-order valence-corrected chi connectivity index (χ2v) is 6.24. The Labute approximate surface area is 102 Å². The third-order valence-corrected chi connectivity index (χ3v) is 5.45. The van der Waals surface area contributed by atoms with E-state index in [0.29, 0.717) is 6.42 Å². The fraction of sp³-hybridized carbons (Fsp3) is 0.700. The van der Waals surface area contributed by atoms with Gasteiger partial charge in [-0.1, -0.05) is 6.92 Å². The van der Waals surface area contributed by atoms with Crippen LogP contribution in [-0.2, 0) is 17.1 Å². The van der Waals surface area contributed by atoms with Gasteiger partial charge in [-0.15, -0.1) is 0 Å². The van der Waals surface area contributed by atoms with Crippen molar-refractivity contribution in [3.63, 3.8) is 0 Å². The van der Waals surface area contributed by atoms with Crippen LogP contribution in [0.3, 0.4) is 0 Å². The summed E-state index contributed by atoms with van der Waals surface area (Å²) < 4.78 is 27.5. The number of aryl methyl sites for hydroxylation is 1. The number of nitrogens with two attached hydrogens (primary N) is 1. The normalized spacial score (nSPS) is 16.1. The summed E-state index contributed by atoms with van der Waals surface area (Å²) in [7, 11) is -0.397. The largest absolute Gasteiger partial charge is 0.329 e. The number of aromatic nitrogens is 2. The molecule has 1 heterocycles. The first kappa shape index (κ1) is 14.1. The molecule has 1 aromatic heterocycles. The molecule has 98 valence electrons. The molecule has 0 aliphatic rings. The highest BCUT2D eigenvalue weighted by Crippen LogP contribution is 2.24. The Kier molecular flexibility index (Phi) is 3.95. The molecular formula is C10H20N4O2S. The second kappa shape index (κ2) is 4.75. The van der Waals surface area contributed by atoms with Crippen molar-refractivity contribution in [2.75, 3.05) is 13.6 Å². The summed E-state index contributed by atoms with van der Waals surface area (Å²) in [5.41, 5.74) is 5.10. The molecule has 0 bridgehead atoms. The zero-order valence-corrected chi connectivity index (χ0v) is 11.5. The Morgan fingerprint density at radius 1 is 1.59 bits per heavy atom. The fourth-order valence-corrected chi connectivity index (χ4v) is 3.22. The molecule has 7 heteroatoms. The third-order valence-electron chi connectivity index (χ3n) is 3.36. The first-order valence-electron chi connectivity index (χ1n) is 5.46. The van der Waals surface area contributed by atoms with Gasteiger partial charge in [0.05, 0.1) is 6.20 Å². The highest BCUT2D eigenvalue weighted by atomic mass is 32.2. The molecule has 1 atom stereocenters. The topological polar surface area (TPSA) is 81.2 Å². The summed E-state index contributed by atoms with van der Waals surface area (Å²) in [6.07, 6.45) is 2.11. The van der Waals surface area contributed by atoms with E-state index >= 15 is 0 Å². The van der Waals surface area contributed by atoms with Crippen molar-refractivity contribution >= 4 is 10.0 Å². The van der Waals surface area contributed by atoms with Crippen molar-refractivity contribution < 1.29 is 8.42 Å². The Balaban J connectivity index is 3.21. The second-order valence-electron chi connectivity index (χ2n) is 4.32. The van der Waals surface area contributed by atoms with Crippen LogP contribution in [-0.4, -0.2) is 41.6 Å². The van der Waals surface area contributed by atoms with Gasteiger partial charge in [-0.2, -0.15) is 9.40 Å². The van der Waals surface area contributed by atoms with Crippen molar-refractivity contribution in [1.29, 1.82) is 0 Å². The number of hydrogen-bond acceptors (Lipinski definition) is 4. The number of sulfonamides is 1. The predicted molar refractivity (Wildman–Crippen MR) is 65.9 cm³/mol. The van der Waals surface area contributed by atoms with E-state index in [0.717, 1.165) is 0 Å². The van der Waals surface area contributed by atoms with E-state index in [1.807, 2.05) is 13.8 Å². The molecule has 1 rings (SSSR count). The van der Waals surface area contributed by atoms with Gasteiger partial charge in [-0.3, -0.25) is 4.68 Å². The van der Waals surface area contributed by atoms with Crippen LogP contribution < -0.4 is 5.73 Å². The zero-order chi connectivity index (χ0) is 13.3. The minimum Gasteiger partial charge on any atom is -0.329 e. The molecule has 0 fully saturated rings. The maximum atomic E-state index is 12.4. The molecule has 1 unspecified atom stereocenters. The lowest BCUT2D eigenvalue weighted by Crippen LogP contribution is -2.52. The van der Waals surface area contributed by atoms with Gasteiger partial charge in [0.2, 0.25) is 0 Å². The zero-order valence-electron chi connectivity index (χ0n) is 10.7. The first-order chi connectivity index (χ1) is 7.79. The van der Waals surface area contributed by atoms with E-state index in [1.54, 1.807) is 14.1 Å². The van der Waals surface area contributed by atoms with Crippen LogP contribution in [0.5, 0.6) is 0 Å². The van der Waals surface area contributed by atoms with Crippen LogP contribution in [0, 0.1) is 0 Å². The first-order valence-corrected chi connectivity index (χ1v) is 6.90. The molecular weight excluding hydrogens is 240 g/mol. The molecule has 2 N–H and O–H groups in total. The lowest BCUT2D eigenvalue weighted by atomic mass is 10.00. The highest BCUT2D eigenvalue weighted by molar-refractivity contribution is 7.89. The minimum absolute atomic E-state index is 0.174. The molecule has 0 aliphatic heterocycles. The average molecular weight is 260 g/mol. The van der Waals surface area contributed by atoms with E-state index in [-0.39, 0.29) is 11.6 Å². The van der Waals surface area contributed by atoms with Crippen LogP contribution in [0.25, 0.3) is 0 Å². The van der Waals surface area contributed by atoms with Gasteiger partial charge in [0, 0.05) is 26.2 Å². The van der Waals surface area contributed by atoms with Crippen molar-refractivity contribution in [2.24, 2.45) is 12.8 Å². The van der Waals surface area contributed by atoms with Gasteiger partial charge >= 0.3 is 0 Å². The summed E-state index contributed by atoms with van der Waals surface area (Å²) >= 11 is 0. The minimum atomic E-state index is -3.55. The van der Waals surface area contributed by atoms with E-state index in [4.69, 9.17) is 5.73 Å². The van der Waals surface area contributed by atoms with Gasteiger partial charge in [-0.05, 0) is 19.4 Å². The Morgan fingerprint density at radius 3 is 2.53 bits per heavy atom. The summed E-state index contributed by atoms with van der Waals surface area (Å²) in [6.45, 7) is 4.03. The molecule has 1 aromatic rings.